The van der Waals surface area contributed by atoms with E-state index in [2.05, 4.69) is 10.6 Å². The molecule has 4 N–H and O–H groups in total. The molecule has 24 heavy (non-hydrogen) atoms. The predicted octanol–water partition coefficient (Wildman–Crippen LogP) is 0.267. The van der Waals surface area contributed by atoms with E-state index in [-0.39, 0.29) is 30.8 Å². The molecule has 1 aliphatic carbocycles. The summed E-state index contributed by atoms with van der Waals surface area (Å²) in [5, 5.41) is 5.45. The molecule has 0 radical (unpaired) electrons. The number of nitrogens with zero attached hydrogens (tertiary/aromatic N) is 1. The van der Waals surface area contributed by atoms with Crippen molar-refractivity contribution < 1.29 is 14.4 Å². The standard InChI is InChI=1S/C16H20N4O3.ClH/c17-8-3-9-18-13(21)10-20-14(22)16(19-15(20)23)7-6-11-4-1-2-5-12(11)16;/h1-2,4-5H,3,6-10,17H2,(H,18,21)(H,19,23);1H. The first kappa shape index (κ1) is 18.2. The molecule has 2 aliphatic rings. The van der Waals surface area contributed by atoms with E-state index < -0.39 is 11.6 Å². The number of amides is 4. The molecule has 1 heterocycles. The molecule has 7 nitrogen and oxygen atoms in total. The van der Waals surface area contributed by atoms with E-state index in [1.54, 1.807) is 0 Å². The lowest BCUT2D eigenvalue weighted by Gasteiger charge is -2.22. The summed E-state index contributed by atoms with van der Waals surface area (Å²) < 4.78 is 0. The highest BCUT2D eigenvalue weighted by Crippen LogP contribution is 2.41. The number of nitrogens with one attached hydrogen (secondary N) is 2. The third-order valence-electron chi connectivity index (χ3n) is 4.43. The zero-order valence-corrected chi connectivity index (χ0v) is 14.0. The van der Waals surface area contributed by atoms with Gasteiger partial charge in [-0.25, -0.2) is 4.79 Å². The van der Waals surface area contributed by atoms with Crippen molar-refractivity contribution in [1.82, 2.24) is 15.5 Å². The van der Waals surface area contributed by atoms with Gasteiger partial charge in [0.2, 0.25) is 5.91 Å². The van der Waals surface area contributed by atoms with Crippen LogP contribution in [0.1, 0.15) is 24.0 Å². The second-order valence-electron chi connectivity index (χ2n) is 5.88. The second-order valence-corrected chi connectivity index (χ2v) is 5.88. The Kier molecular flexibility index (Phi) is 5.46. The van der Waals surface area contributed by atoms with Crippen LogP contribution in [-0.4, -0.2) is 42.4 Å². The maximum absolute atomic E-state index is 12.8. The van der Waals surface area contributed by atoms with Crippen LogP contribution in [0.25, 0.3) is 0 Å². The van der Waals surface area contributed by atoms with Crippen molar-refractivity contribution >= 4 is 30.3 Å². The lowest BCUT2D eigenvalue weighted by atomic mass is 9.92. The van der Waals surface area contributed by atoms with Crippen molar-refractivity contribution in [2.75, 3.05) is 19.6 Å². The topological polar surface area (TPSA) is 105 Å². The molecule has 1 atom stereocenters. The van der Waals surface area contributed by atoms with Gasteiger partial charge in [-0.1, -0.05) is 24.3 Å². The summed E-state index contributed by atoms with van der Waals surface area (Å²) in [6.07, 6.45) is 1.92. The molecule has 3 rings (SSSR count). The molecule has 0 aromatic heterocycles. The Morgan fingerprint density at radius 3 is 2.83 bits per heavy atom. The van der Waals surface area contributed by atoms with Gasteiger partial charge in [-0.15, -0.1) is 12.4 Å². The van der Waals surface area contributed by atoms with Crippen LogP contribution >= 0.6 is 12.4 Å². The van der Waals surface area contributed by atoms with E-state index in [0.717, 1.165) is 22.4 Å². The average molecular weight is 353 g/mol. The number of fused-ring (bicyclic) bond motifs is 2. The van der Waals surface area contributed by atoms with Gasteiger partial charge < -0.3 is 16.4 Å². The van der Waals surface area contributed by atoms with E-state index in [4.69, 9.17) is 5.73 Å². The van der Waals surface area contributed by atoms with Gasteiger partial charge in [-0.3, -0.25) is 14.5 Å². The summed E-state index contributed by atoms with van der Waals surface area (Å²) in [6.45, 7) is 0.648. The molecular weight excluding hydrogens is 332 g/mol. The van der Waals surface area contributed by atoms with Gasteiger partial charge in [0.15, 0.2) is 0 Å². The number of carbonyl (C=O) groups is 3. The van der Waals surface area contributed by atoms with Crippen molar-refractivity contribution in [3.8, 4) is 0 Å². The first-order valence-corrected chi connectivity index (χ1v) is 7.78. The Morgan fingerprint density at radius 2 is 2.08 bits per heavy atom. The number of halogens is 1. The number of aryl methyl sites for hydroxylation is 1. The zero-order valence-electron chi connectivity index (χ0n) is 13.2. The highest BCUT2D eigenvalue weighted by atomic mass is 35.5. The van der Waals surface area contributed by atoms with Crippen LogP contribution in [0.4, 0.5) is 4.79 Å². The van der Waals surface area contributed by atoms with E-state index in [1.165, 1.54) is 0 Å². The fraction of sp³-hybridized carbons (Fsp3) is 0.438. The Labute approximate surface area is 146 Å². The van der Waals surface area contributed by atoms with Gasteiger partial charge in [0.1, 0.15) is 12.1 Å². The third-order valence-corrected chi connectivity index (χ3v) is 4.43. The molecule has 130 valence electrons. The minimum absolute atomic E-state index is 0. The monoisotopic (exact) mass is 352 g/mol. The Hall–Kier alpha value is -2.12. The number of benzene rings is 1. The summed E-state index contributed by atoms with van der Waals surface area (Å²) in [7, 11) is 0. The molecule has 1 aliphatic heterocycles. The van der Waals surface area contributed by atoms with E-state index in [1.807, 2.05) is 24.3 Å². The van der Waals surface area contributed by atoms with Gasteiger partial charge in [-0.2, -0.15) is 0 Å². The van der Waals surface area contributed by atoms with Gasteiger partial charge in [0, 0.05) is 6.54 Å². The molecule has 8 heteroatoms. The number of carbonyl (C=O) groups excluding carboxylic acids is 3. The number of imide groups is 1. The lowest BCUT2D eigenvalue weighted by Crippen LogP contribution is -2.44. The van der Waals surface area contributed by atoms with E-state index in [9.17, 15) is 14.4 Å². The number of hydrogen-bond donors (Lipinski definition) is 3. The highest BCUT2D eigenvalue weighted by Gasteiger charge is 2.55. The maximum atomic E-state index is 12.8. The predicted molar refractivity (Wildman–Crippen MR) is 90.6 cm³/mol. The van der Waals surface area contributed by atoms with Gasteiger partial charge in [0.05, 0.1) is 0 Å². The van der Waals surface area contributed by atoms with Crippen LogP contribution in [0.3, 0.4) is 0 Å². The van der Waals surface area contributed by atoms with Gasteiger partial charge in [-0.05, 0) is 36.9 Å². The average Bonchev–Trinajstić information content (AvgIpc) is 3.02. The largest absolute Gasteiger partial charge is 0.354 e. The van der Waals surface area contributed by atoms with E-state index >= 15 is 0 Å². The minimum atomic E-state index is -1.01. The maximum Gasteiger partial charge on any atom is 0.325 e. The summed E-state index contributed by atoms with van der Waals surface area (Å²) >= 11 is 0. The van der Waals surface area contributed by atoms with Crippen LogP contribution in [0, 0.1) is 0 Å². The Bertz CT molecular complexity index is 666. The zero-order chi connectivity index (χ0) is 16.4. The molecule has 4 amide bonds. The minimum Gasteiger partial charge on any atom is -0.354 e. The molecule has 0 saturated carbocycles. The summed E-state index contributed by atoms with van der Waals surface area (Å²) in [4.78, 5) is 37.9. The molecule has 1 aromatic rings. The first-order chi connectivity index (χ1) is 11.1. The van der Waals surface area contributed by atoms with Crippen molar-refractivity contribution in [1.29, 1.82) is 0 Å². The summed E-state index contributed by atoms with van der Waals surface area (Å²) in [5.41, 5.74) is 6.26. The molecular formula is C16H21ClN4O3. The molecule has 1 fully saturated rings. The van der Waals surface area contributed by atoms with Crippen LogP contribution in [0.15, 0.2) is 24.3 Å². The number of nitrogens with two attached hydrogens (primary N) is 1. The Balaban J connectivity index is 0.00000208. The van der Waals surface area contributed by atoms with E-state index in [0.29, 0.717) is 25.9 Å². The summed E-state index contributed by atoms with van der Waals surface area (Å²) in [6, 6.07) is 7.09. The van der Waals surface area contributed by atoms with Crippen LogP contribution in [0.2, 0.25) is 0 Å². The lowest BCUT2D eigenvalue weighted by molar-refractivity contribution is -0.135. The van der Waals surface area contributed by atoms with Crippen LogP contribution in [0.5, 0.6) is 0 Å². The Morgan fingerprint density at radius 1 is 1.33 bits per heavy atom. The first-order valence-electron chi connectivity index (χ1n) is 7.78. The SMILES string of the molecule is Cl.NCCCNC(=O)CN1C(=O)NC2(CCc3ccccc32)C1=O. The van der Waals surface area contributed by atoms with Gasteiger partial charge >= 0.3 is 6.03 Å². The summed E-state index contributed by atoms with van der Waals surface area (Å²) in [5.74, 6) is -0.702. The number of rotatable bonds is 5. The van der Waals surface area contributed by atoms with Crippen molar-refractivity contribution in [2.24, 2.45) is 5.73 Å². The number of urea groups is 1. The van der Waals surface area contributed by atoms with Gasteiger partial charge in [0.25, 0.3) is 5.91 Å². The quantitative estimate of drug-likeness (QED) is 0.522. The number of hydrogen-bond acceptors (Lipinski definition) is 4. The molecule has 0 bridgehead atoms. The highest BCUT2D eigenvalue weighted by molar-refractivity contribution is 6.09. The van der Waals surface area contributed by atoms with Crippen LogP contribution < -0.4 is 16.4 Å². The van der Waals surface area contributed by atoms with Crippen molar-refractivity contribution in [2.45, 2.75) is 24.8 Å². The van der Waals surface area contributed by atoms with Crippen LogP contribution in [-0.2, 0) is 21.5 Å². The van der Waals surface area contributed by atoms with Crippen molar-refractivity contribution in [3.05, 3.63) is 35.4 Å². The molecule has 1 unspecified atom stereocenters. The fourth-order valence-electron chi connectivity index (χ4n) is 3.26. The smallest absolute Gasteiger partial charge is 0.325 e. The molecule has 1 spiro atoms. The fourth-order valence-corrected chi connectivity index (χ4v) is 3.26. The molecule has 1 saturated heterocycles. The third kappa shape index (κ3) is 2.97. The molecule has 1 aromatic carbocycles. The van der Waals surface area contributed by atoms with Crippen molar-refractivity contribution in [3.63, 3.8) is 0 Å². The normalized spacial score (nSPS) is 21.5. The second kappa shape index (κ2) is 7.19.